The summed E-state index contributed by atoms with van der Waals surface area (Å²) in [4.78, 5) is 24.2. The van der Waals surface area contributed by atoms with Gasteiger partial charge < -0.3 is 9.84 Å². The normalized spacial score (nSPS) is 45.5. The number of methoxy groups -OCH3 is 1. The Morgan fingerprint density at radius 2 is 2.05 bits per heavy atom. The second-order valence-corrected chi connectivity index (χ2v) is 7.64. The second-order valence-electron chi connectivity index (χ2n) is 7.64. The van der Waals surface area contributed by atoms with E-state index in [0.717, 1.165) is 12.8 Å². The topological polar surface area (TPSA) is 63.6 Å². The van der Waals surface area contributed by atoms with Crippen molar-refractivity contribution < 1.29 is 19.4 Å². The van der Waals surface area contributed by atoms with Gasteiger partial charge in [0.15, 0.2) is 0 Å². The molecule has 0 amide bonds. The van der Waals surface area contributed by atoms with Crippen LogP contribution >= 0.6 is 0 Å². The molecule has 0 unspecified atom stereocenters. The van der Waals surface area contributed by atoms with Gasteiger partial charge in [0.1, 0.15) is 5.78 Å². The molecule has 3 aliphatic rings. The van der Waals surface area contributed by atoms with Gasteiger partial charge in [-0.25, -0.2) is 0 Å². The zero-order valence-electron chi connectivity index (χ0n) is 12.5. The lowest BCUT2D eigenvalue weighted by Crippen LogP contribution is -2.46. The largest absolute Gasteiger partial charge is 0.481 e. The van der Waals surface area contributed by atoms with Gasteiger partial charge in [0.2, 0.25) is 0 Å². The van der Waals surface area contributed by atoms with E-state index in [-0.39, 0.29) is 34.4 Å². The molecule has 0 spiro atoms. The third kappa shape index (κ3) is 1.57. The van der Waals surface area contributed by atoms with Gasteiger partial charge in [-0.05, 0) is 41.9 Å². The molecule has 3 rings (SSSR count). The van der Waals surface area contributed by atoms with Crippen molar-refractivity contribution in [1.82, 2.24) is 0 Å². The van der Waals surface area contributed by atoms with Crippen molar-refractivity contribution in [3.8, 4) is 0 Å². The summed E-state index contributed by atoms with van der Waals surface area (Å²) in [6, 6.07) is 0. The molecule has 3 saturated carbocycles. The summed E-state index contributed by atoms with van der Waals surface area (Å²) < 4.78 is 5.27. The molecule has 2 bridgehead atoms. The minimum absolute atomic E-state index is 0.140. The molecule has 5 atom stereocenters. The van der Waals surface area contributed by atoms with Gasteiger partial charge in [0.05, 0.1) is 12.5 Å². The highest BCUT2D eigenvalue weighted by Gasteiger charge is 2.71. The number of hydrogen-bond acceptors (Lipinski definition) is 3. The third-order valence-corrected chi connectivity index (χ3v) is 6.45. The highest BCUT2D eigenvalue weighted by Crippen LogP contribution is 2.72. The van der Waals surface area contributed by atoms with Gasteiger partial charge >= 0.3 is 5.97 Å². The molecule has 20 heavy (non-hydrogen) atoms. The Balaban J connectivity index is 2.10. The summed E-state index contributed by atoms with van der Waals surface area (Å²) in [5.74, 6) is -0.350. The lowest BCUT2D eigenvalue weighted by molar-refractivity contribution is -0.153. The van der Waals surface area contributed by atoms with Crippen molar-refractivity contribution in [2.45, 2.75) is 39.5 Å². The number of rotatable bonds is 3. The van der Waals surface area contributed by atoms with Crippen molar-refractivity contribution in [2.75, 3.05) is 13.7 Å². The first-order chi connectivity index (χ1) is 9.34. The minimum Gasteiger partial charge on any atom is -0.481 e. The number of carboxylic acids is 1. The quantitative estimate of drug-likeness (QED) is 0.862. The van der Waals surface area contributed by atoms with Crippen LogP contribution in [0.3, 0.4) is 0 Å². The predicted octanol–water partition coefficient (Wildman–Crippen LogP) is 2.37. The van der Waals surface area contributed by atoms with Crippen molar-refractivity contribution in [2.24, 2.45) is 34.5 Å². The molecule has 0 aliphatic heterocycles. The number of ketones is 1. The van der Waals surface area contributed by atoms with E-state index in [2.05, 4.69) is 13.8 Å². The Morgan fingerprint density at radius 3 is 2.65 bits per heavy atom. The molecular formula is C16H24O4. The molecule has 0 aromatic rings. The first kappa shape index (κ1) is 14.1. The number of carbonyl (C=O) groups excluding carboxylic acids is 1. The number of carboxylic acid groups (broad SMARTS) is 1. The maximum atomic E-state index is 12.4. The van der Waals surface area contributed by atoms with E-state index in [9.17, 15) is 14.7 Å². The van der Waals surface area contributed by atoms with Gasteiger partial charge in [-0.2, -0.15) is 0 Å². The zero-order valence-corrected chi connectivity index (χ0v) is 12.5. The smallest absolute Gasteiger partial charge is 0.307 e. The SMILES string of the molecule is COC[C@H]1C(=O)C[C@H]2[C@@H]3CC[C@H](C(=O)O)[C@]12CC3(C)C. The Bertz CT molecular complexity index is 455. The molecule has 0 saturated heterocycles. The molecule has 0 aromatic heterocycles. The van der Waals surface area contributed by atoms with Crippen molar-refractivity contribution in [3.63, 3.8) is 0 Å². The number of hydrogen-bond donors (Lipinski definition) is 1. The molecule has 3 aliphatic carbocycles. The Kier molecular flexibility index (Phi) is 3.02. The fourth-order valence-electron chi connectivity index (χ4n) is 5.94. The van der Waals surface area contributed by atoms with Crippen LogP contribution in [-0.4, -0.2) is 30.6 Å². The highest BCUT2D eigenvalue weighted by atomic mass is 16.5. The van der Waals surface area contributed by atoms with Gasteiger partial charge in [0, 0.05) is 19.4 Å². The molecule has 0 radical (unpaired) electrons. The number of Topliss-reactive ketones (excluding diaryl/α,β-unsaturated/α-hetero) is 1. The van der Waals surface area contributed by atoms with Gasteiger partial charge in [-0.3, -0.25) is 9.59 Å². The second kappa shape index (κ2) is 4.30. The minimum atomic E-state index is -0.720. The molecule has 112 valence electrons. The average molecular weight is 280 g/mol. The maximum absolute atomic E-state index is 12.4. The maximum Gasteiger partial charge on any atom is 0.307 e. The molecule has 1 N–H and O–H groups in total. The zero-order chi connectivity index (χ0) is 14.7. The third-order valence-electron chi connectivity index (χ3n) is 6.45. The van der Waals surface area contributed by atoms with Crippen LogP contribution in [0.1, 0.15) is 39.5 Å². The van der Waals surface area contributed by atoms with E-state index in [1.165, 1.54) is 0 Å². The van der Waals surface area contributed by atoms with Crippen LogP contribution in [0.25, 0.3) is 0 Å². The molecule has 4 heteroatoms. The summed E-state index contributed by atoms with van der Waals surface area (Å²) in [6.07, 6.45) is 3.08. The molecule has 0 heterocycles. The Morgan fingerprint density at radius 1 is 1.35 bits per heavy atom. The standard InChI is InChI=1S/C16H24O4/c1-15(2)8-16-10(14(18)19)5-4-9(15)11(16)6-13(17)12(16)7-20-3/h9-12H,4-8H2,1-3H3,(H,18,19)/t9-,10+,11-,12-,16-/m0/s1. The van der Waals surface area contributed by atoms with E-state index in [0.29, 0.717) is 25.4 Å². The van der Waals surface area contributed by atoms with Crippen LogP contribution in [-0.2, 0) is 14.3 Å². The number of ether oxygens (including phenoxy) is 1. The average Bonchev–Trinajstić information content (AvgIpc) is 2.67. The van der Waals surface area contributed by atoms with E-state index in [4.69, 9.17) is 4.74 Å². The first-order valence-electron chi connectivity index (χ1n) is 7.59. The van der Waals surface area contributed by atoms with Crippen LogP contribution < -0.4 is 0 Å². The molecule has 3 fully saturated rings. The van der Waals surface area contributed by atoms with Crippen molar-refractivity contribution in [1.29, 1.82) is 0 Å². The molecule has 0 aromatic carbocycles. The summed E-state index contributed by atoms with van der Waals surface area (Å²) in [6.45, 7) is 4.87. The number of carbonyl (C=O) groups is 2. The first-order valence-corrected chi connectivity index (χ1v) is 7.59. The van der Waals surface area contributed by atoms with Crippen molar-refractivity contribution >= 4 is 11.8 Å². The summed E-state index contributed by atoms with van der Waals surface area (Å²) in [5.41, 5.74) is -0.215. The van der Waals surface area contributed by atoms with Crippen LogP contribution in [0.2, 0.25) is 0 Å². The van der Waals surface area contributed by atoms with Crippen LogP contribution in [0, 0.1) is 34.5 Å². The lowest BCUT2D eigenvalue weighted by atomic mass is 9.59. The van der Waals surface area contributed by atoms with Gasteiger partial charge in [-0.15, -0.1) is 0 Å². The highest BCUT2D eigenvalue weighted by molar-refractivity contribution is 5.87. The summed E-state index contributed by atoms with van der Waals surface area (Å²) >= 11 is 0. The summed E-state index contributed by atoms with van der Waals surface area (Å²) in [7, 11) is 1.60. The van der Waals surface area contributed by atoms with Crippen molar-refractivity contribution in [3.05, 3.63) is 0 Å². The molecular weight excluding hydrogens is 256 g/mol. The summed E-state index contributed by atoms with van der Waals surface area (Å²) in [5, 5.41) is 9.69. The predicted molar refractivity (Wildman–Crippen MR) is 73.2 cm³/mol. The van der Waals surface area contributed by atoms with E-state index >= 15 is 0 Å². The monoisotopic (exact) mass is 280 g/mol. The van der Waals surface area contributed by atoms with E-state index in [1.54, 1.807) is 7.11 Å². The van der Waals surface area contributed by atoms with Gasteiger partial charge in [0.25, 0.3) is 0 Å². The molecule has 4 nitrogen and oxygen atoms in total. The van der Waals surface area contributed by atoms with E-state index in [1.807, 2.05) is 0 Å². The fraction of sp³-hybridized carbons (Fsp3) is 0.875. The number of aliphatic carboxylic acids is 1. The Labute approximate surface area is 119 Å². The van der Waals surface area contributed by atoms with E-state index < -0.39 is 5.97 Å². The Hall–Kier alpha value is -0.900. The van der Waals surface area contributed by atoms with Crippen LogP contribution in [0.15, 0.2) is 0 Å². The van der Waals surface area contributed by atoms with Gasteiger partial charge in [-0.1, -0.05) is 13.8 Å². The lowest BCUT2D eigenvalue weighted by Gasteiger charge is -2.43. The van der Waals surface area contributed by atoms with Crippen LogP contribution in [0.4, 0.5) is 0 Å². The van der Waals surface area contributed by atoms with Crippen LogP contribution in [0.5, 0.6) is 0 Å². The fourth-order valence-corrected chi connectivity index (χ4v) is 5.94.